The third kappa shape index (κ3) is 2.31. The van der Waals surface area contributed by atoms with Gasteiger partial charge in [0.15, 0.2) is 0 Å². The van der Waals surface area contributed by atoms with E-state index in [0.29, 0.717) is 10.0 Å². The first-order valence-electron chi connectivity index (χ1n) is 4.89. The average molecular weight is 252 g/mol. The van der Waals surface area contributed by atoms with E-state index in [1.807, 2.05) is 31.2 Å². The molecule has 0 spiro atoms. The number of nitrogen functional groups attached to an aromatic ring is 1. The lowest BCUT2D eigenvalue weighted by atomic mass is 10.0. The Hall–Kier alpha value is -1.18. The minimum absolute atomic E-state index is 0.555. The fourth-order valence-electron chi connectivity index (χ4n) is 1.66. The van der Waals surface area contributed by atoms with E-state index in [9.17, 15) is 0 Å². The van der Waals surface area contributed by atoms with Crippen LogP contribution in [0.1, 0.15) is 5.56 Å². The maximum atomic E-state index is 5.98. The topological polar surface area (TPSA) is 26.0 Å². The molecule has 1 nitrogen and oxygen atoms in total. The fourth-order valence-corrected chi connectivity index (χ4v) is 1.95. The van der Waals surface area contributed by atoms with E-state index in [2.05, 4.69) is 6.07 Å². The van der Waals surface area contributed by atoms with Crippen LogP contribution in [0, 0.1) is 6.92 Å². The van der Waals surface area contributed by atoms with E-state index in [-0.39, 0.29) is 0 Å². The first-order valence-corrected chi connectivity index (χ1v) is 5.64. The van der Waals surface area contributed by atoms with Gasteiger partial charge in [0.1, 0.15) is 0 Å². The average Bonchev–Trinajstić information content (AvgIpc) is 2.20. The van der Waals surface area contributed by atoms with Crippen molar-refractivity contribution in [3.63, 3.8) is 0 Å². The summed E-state index contributed by atoms with van der Waals surface area (Å²) in [5, 5.41) is 1.12. The molecule has 0 saturated heterocycles. The Bertz CT molecular complexity index is 515. The third-order valence-electron chi connectivity index (χ3n) is 2.35. The Balaban J connectivity index is 2.54. The van der Waals surface area contributed by atoms with Gasteiger partial charge in [-0.2, -0.15) is 0 Å². The molecule has 0 aliphatic heterocycles. The van der Waals surface area contributed by atoms with Crippen molar-refractivity contribution in [1.82, 2.24) is 0 Å². The second-order valence-corrected chi connectivity index (χ2v) is 4.58. The molecule has 3 heteroatoms. The molecule has 0 amide bonds. The third-order valence-corrected chi connectivity index (χ3v) is 3.09. The maximum Gasteiger partial charge on any atom is 0.0598 e. The van der Waals surface area contributed by atoms with Crippen molar-refractivity contribution < 1.29 is 0 Å². The van der Waals surface area contributed by atoms with Crippen LogP contribution < -0.4 is 5.73 Å². The van der Waals surface area contributed by atoms with E-state index in [1.165, 1.54) is 0 Å². The van der Waals surface area contributed by atoms with Crippen LogP contribution >= 0.6 is 23.2 Å². The molecular weight excluding hydrogens is 241 g/mol. The second kappa shape index (κ2) is 4.36. The molecule has 2 aromatic carbocycles. The number of hydrogen-bond donors (Lipinski definition) is 1. The number of benzene rings is 2. The van der Waals surface area contributed by atoms with Crippen molar-refractivity contribution in [2.24, 2.45) is 0 Å². The van der Waals surface area contributed by atoms with Crippen molar-refractivity contribution in [2.45, 2.75) is 6.92 Å². The number of rotatable bonds is 1. The normalized spacial score (nSPS) is 10.4. The number of nitrogens with two attached hydrogens (primary N) is 1. The van der Waals surface area contributed by atoms with Gasteiger partial charge >= 0.3 is 0 Å². The molecule has 0 aliphatic rings. The Labute approximate surface area is 105 Å². The summed E-state index contributed by atoms with van der Waals surface area (Å²) < 4.78 is 0. The standard InChI is InChI=1S/C13H11Cl2N/c1-8-4-10(6-11(16)5-8)9-2-3-12(14)13(15)7-9/h2-7H,16H2,1H3. The summed E-state index contributed by atoms with van der Waals surface area (Å²) in [7, 11) is 0. The highest BCUT2D eigenvalue weighted by atomic mass is 35.5. The highest BCUT2D eigenvalue weighted by Gasteiger charge is 2.03. The lowest BCUT2D eigenvalue weighted by Crippen LogP contribution is -1.88. The number of anilines is 1. The lowest BCUT2D eigenvalue weighted by Gasteiger charge is -2.06. The van der Waals surface area contributed by atoms with Crippen LogP contribution in [0.3, 0.4) is 0 Å². The molecule has 2 aromatic rings. The van der Waals surface area contributed by atoms with Crippen LogP contribution in [-0.2, 0) is 0 Å². The zero-order valence-electron chi connectivity index (χ0n) is 8.80. The fraction of sp³-hybridized carbons (Fsp3) is 0.0769. The van der Waals surface area contributed by atoms with Gasteiger partial charge in [0.2, 0.25) is 0 Å². The molecule has 2 rings (SSSR count). The number of halogens is 2. The molecule has 0 atom stereocenters. The minimum atomic E-state index is 0.555. The molecule has 0 radical (unpaired) electrons. The van der Waals surface area contributed by atoms with Crippen molar-refractivity contribution in [3.8, 4) is 11.1 Å². The van der Waals surface area contributed by atoms with Crippen molar-refractivity contribution in [3.05, 3.63) is 52.0 Å². The van der Waals surface area contributed by atoms with Crippen molar-refractivity contribution in [1.29, 1.82) is 0 Å². The van der Waals surface area contributed by atoms with Crippen molar-refractivity contribution >= 4 is 28.9 Å². The molecular formula is C13H11Cl2N. The van der Waals surface area contributed by atoms with Gasteiger partial charge in [-0.3, -0.25) is 0 Å². The largest absolute Gasteiger partial charge is 0.399 e. The summed E-state index contributed by atoms with van der Waals surface area (Å²) in [6, 6.07) is 11.5. The van der Waals surface area contributed by atoms with Gasteiger partial charge in [-0.05, 0) is 47.9 Å². The summed E-state index contributed by atoms with van der Waals surface area (Å²) in [4.78, 5) is 0. The van der Waals surface area contributed by atoms with Crippen LogP contribution in [0.15, 0.2) is 36.4 Å². The van der Waals surface area contributed by atoms with E-state index in [0.717, 1.165) is 22.4 Å². The Kier molecular flexibility index (Phi) is 3.08. The van der Waals surface area contributed by atoms with Crippen LogP contribution in [-0.4, -0.2) is 0 Å². The molecule has 0 aromatic heterocycles. The first-order chi connectivity index (χ1) is 7.56. The zero-order chi connectivity index (χ0) is 11.7. The molecule has 0 unspecified atom stereocenters. The lowest BCUT2D eigenvalue weighted by molar-refractivity contribution is 1.47. The minimum Gasteiger partial charge on any atom is -0.399 e. The Morgan fingerprint density at radius 3 is 2.25 bits per heavy atom. The molecule has 16 heavy (non-hydrogen) atoms. The van der Waals surface area contributed by atoms with Gasteiger partial charge in [0.05, 0.1) is 10.0 Å². The molecule has 0 fully saturated rings. The monoisotopic (exact) mass is 251 g/mol. The van der Waals surface area contributed by atoms with E-state index < -0.39 is 0 Å². The van der Waals surface area contributed by atoms with E-state index in [4.69, 9.17) is 28.9 Å². The van der Waals surface area contributed by atoms with Gasteiger partial charge in [-0.15, -0.1) is 0 Å². The number of hydrogen-bond acceptors (Lipinski definition) is 1. The number of aryl methyl sites for hydroxylation is 1. The highest BCUT2D eigenvalue weighted by Crippen LogP contribution is 2.29. The molecule has 2 N–H and O–H groups in total. The van der Waals surface area contributed by atoms with Crippen LogP contribution in [0.4, 0.5) is 5.69 Å². The predicted molar refractivity (Wildman–Crippen MR) is 71.0 cm³/mol. The Morgan fingerprint density at radius 2 is 1.62 bits per heavy atom. The SMILES string of the molecule is Cc1cc(N)cc(-c2ccc(Cl)c(Cl)c2)c1. The summed E-state index contributed by atoms with van der Waals surface area (Å²) >= 11 is 11.9. The Morgan fingerprint density at radius 1 is 0.875 bits per heavy atom. The molecule has 0 heterocycles. The van der Waals surface area contributed by atoms with Gasteiger partial charge in [0.25, 0.3) is 0 Å². The summed E-state index contributed by atoms with van der Waals surface area (Å²) in [6.45, 7) is 2.01. The molecule has 0 saturated carbocycles. The van der Waals surface area contributed by atoms with E-state index in [1.54, 1.807) is 6.07 Å². The predicted octanol–water partition coefficient (Wildman–Crippen LogP) is 4.55. The summed E-state index contributed by atoms with van der Waals surface area (Å²) in [6.07, 6.45) is 0. The van der Waals surface area contributed by atoms with Gasteiger partial charge in [-0.25, -0.2) is 0 Å². The van der Waals surface area contributed by atoms with Crippen LogP contribution in [0.5, 0.6) is 0 Å². The molecule has 0 bridgehead atoms. The summed E-state index contributed by atoms with van der Waals surface area (Å²) in [5.41, 5.74) is 9.75. The van der Waals surface area contributed by atoms with E-state index >= 15 is 0 Å². The maximum absolute atomic E-state index is 5.98. The first kappa shape index (κ1) is 11.3. The van der Waals surface area contributed by atoms with Gasteiger partial charge < -0.3 is 5.73 Å². The quantitative estimate of drug-likeness (QED) is 0.740. The second-order valence-electron chi connectivity index (χ2n) is 3.76. The zero-order valence-corrected chi connectivity index (χ0v) is 10.3. The van der Waals surface area contributed by atoms with Crippen molar-refractivity contribution in [2.75, 3.05) is 5.73 Å². The van der Waals surface area contributed by atoms with Gasteiger partial charge in [-0.1, -0.05) is 35.3 Å². The smallest absolute Gasteiger partial charge is 0.0598 e. The molecule has 0 aliphatic carbocycles. The highest BCUT2D eigenvalue weighted by molar-refractivity contribution is 6.42. The van der Waals surface area contributed by atoms with Crippen LogP contribution in [0.25, 0.3) is 11.1 Å². The summed E-state index contributed by atoms with van der Waals surface area (Å²) in [5.74, 6) is 0. The van der Waals surface area contributed by atoms with Crippen LogP contribution in [0.2, 0.25) is 10.0 Å². The molecule has 82 valence electrons. The van der Waals surface area contributed by atoms with Gasteiger partial charge in [0, 0.05) is 5.69 Å².